The Morgan fingerprint density at radius 1 is 1.11 bits per heavy atom. The van der Waals surface area contributed by atoms with Crippen LogP contribution >= 0.6 is 0 Å². The maximum Gasteiger partial charge on any atom is 0.248 e. The number of hydrogen-bond donors (Lipinski definition) is 2. The molecular weight excluding hydrogens is 226 g/mol. The first-order chi connectivity index (χ1) is 8.63. The summed E-state index contributed by atoms with van der Waals surface area (Å²) in [6, 6.07) is 7.50. The van der Waals surface area contributed by atoms with Gasteiger partial charge in [0.25, 0.3) is 0 Å². The molecule has 2 aromatic heterocycles. The van der Waals surface area contributed by atoms with Crippen molar-refractivity contribution in [2.45, 2.75) is 13.8 Å². The molecule has 0 spiro atoms. The van der Waals surface area contributed by atoms with E-state index in [-0.39, 0.29) is 5.56 Å². The van der Waals surface area contributed by atoms with Gasteiger partial charge in [-0.2, -0.15) is 0 Å². The third kappa shape index (κ3) is 1.72. The van der Waals surface area contributed by atoms with Crippen LogP contribution in [0.3, 0.4) is 0 Å². The molecule has 0 radical (unpaired) electrons. The van der Waals surface area contributed by atoms with E-state index in [9.17, 15) is 4.79 Å². The van der Waals surface area contributed by atoms with Crippen molar-refractivity contribution in [1.82, 2.24) is 15.0 Å². The van der Waals surface area contributed by atoms with Gasteiger partial charge in [-0.05, 0) is 43.2 Å². The van der Waals surface area contributed by atoms with E-state index >= 15 is 0 Å². The van der Waals surface area contributed by atoms with Crippen molar-refractivity contribution >= 4 is 11.0 Å². The van der Waals surface area contributed by atoms with Gasteiger partial charge in [0.15, 0.2) is 0 Å². The summed E-state index contributed by atoms with van der Waals surface area (Å²) in [5.74, 6) is 0.723. The number of rotatable bonds is 1. The number of fused-ring (bicyclic) bond motifs is 1. The average Bonchev–Trinajstić information content (AvgIpc) is 2.73. The number of hydrogen-bond acceptors (Lipinski definition) is 2. The topological polar surface area (TPSA) is 61.5 Å². The van der Waals surface area contributed by atoms with Crippen molar-refractivity contribution < 1.29 is 0 Å². The minimum atomic E-state index is -0.125. The average molecular weight is 239 g/mol. The van der Waals surface area contributed by atoms with E-state index in [1.165, 1.54) is 17.2 Å². The Balaban J connectivity index is 2.22. The summed E-state index contributed by atoms with van der Waals surface area (Å²) >= 11 is 0. The number of aromatic amines is 2. The van der Waals surface area contributed by atoms with Crippen LogP contribution in [0.25, 0.3) is 22.4 Å². The van der Waals surface area contributed by atoms with E-state index in [2.05, 4.69) is 40.9 Å². The molecule has 1 aromatic carbocycles. The van der Waals surface area contributed by atoms with Crippen molar-refractivity contribution in [2.75, 3.05) is 0 Å². The molecule has 0 amide bonds. The highest BCUT2D eigenvalue weighted by Crippen LogP contribution is 2.21. The van der Waals surface area contributed by atoms with Crippen LogP contribution in [0.1, 0.15) is 11.1 Å². The van der Waals surface area contributed by atoms with Gasteiger partial charge >= 0.3 is 0 Å². The summed E-state index contributed by atoms with van der Waals surface area (Å²) < 4.78 is 0. The number of nitrogens with one attached hydrogen (secondary N) is 2. The lowest BCUT2D eigenvalue weighted by Crippen LogP contribution is -2.02. The van der Waals surface area contributed by atoms with Gasteiger partial charge in [-0.25, -0.2) is 4.98 Å². The lowest BCUT2D eigenvalue weighted by molar-refractivity contribution is 1.22. The number of nitrogens with zero attached hydrogens (tertiary/aromatic N) is 1. The summed E-state index contributed by atoms with van der Waals surface area (Å²) in [6.07, 6.45) is 1.63. The Hall–Kier alpha value is -2.36. The molecule has 3 aromatic rings. The van der Waals surface area contributed by atoms with Crippen LogP contribution in [0.5, 0.6) is 0 Å². The minimum absolute atomic E-state index is 0.125. The highest BCUT2D eigenvalue weighted by atomic mass is 16.1. The van der Waals surface area contributed by atoms with E-state index < -0.39 is 0 Å². The Kier molecular flexibility index (Phi) is 2.30. The zero-order valence-electron chi connectivity index (χ0n) is 10.2. The molecule has 3 rings (SSSR count). The Morgan fingerprint density at radius 2 is 1.89 bits per heavy atom. The maximum atomic E-state index is 11.3. The molecule has 0 aliphatic rings. The molecule has 0 atom stereocenters. The molecule has 2 N–H and O–H groups in total. The fraction of sp³-hybridized carbons (Fsp3) is 0.143. The van der Waals surface area contributed by atoms with Crippen LogP contribution < -0.4 is 5.56 Å². The molecule has 18 heavy (non-hydrogen) atoms. The van der Waals surface area contributed by atoms with Gasteiger partial charge in [-0.3, -0.25) is 4.79 Å². The Bertz CT molecular complexity index is 744. The van der Waals surface area contributed by atoms with Crippen LogP contribution in [0, 0.1) is 13.8 Å². The molecule has 0 saturated carbocycles. The van der Waals surface area contributed by atoms with Gasteiger partial charge < -0.3 is 9.97 Å². The van der Waals surface area contributed by atoms with E-state index in [1.807, 2.05) is 6.07 Å². The van der Waals surface area contributed by atoms with Crippen molar-refractivity contribution in [3.8, 4) is 11.4 Å². The summed E-state index contributed by atoms with van der Waals surface area (Å²) in [7, 11) is 0. The van der Waals surface area contributed by atoms with Crippen LogP contribution in [0.15, 0.2) is 35.3 Å². The second-order valence-corrected chi connectivity index (χ2v) is 4.48. The van der Waals surface area contributed by atoms with Gasteiger partial charge in [-0.1, -0.05) is 0 Å². The van der Waals surface area contributed by atoms with E-state index in [0.717, 1.165) is 22.4 Å². The second kappa shape index (κ2) is 3.84. The largest absolute Gasteiger partial charge is 0.338 e. The molecule has 0 aliphatic heterocycles. The van der Waals surface area contributed by atoms with E-state index in [1.54, 1.807) is 6.20 Å². The van der Waals surface area contributed by atoms with E-state index in [4.69, 9.17) is 0 Å². The zero-order valence-corrected chi connectivity index (χ0v) is 10.2. The van der Waals surface area contributed by atoms with Gasteiger partial charge in [0.2, 0.25) is 5.56 Å². The molecule has 0 aliphatic carbocycles. The van der Waals surface area contributed by atoms with E-state index in [0.29, 0.717) is 0 Å². The first-order valence-corrected chi connectivity index (χ1v) is 5.79. The van der Waals surface area contributed by atoms with Crippen LogP contribution in [-0.2, 0) is 0 Å². The Labute approximate surface area is 104 Å². The third-order valence-corrected chi connectivity index (χ3v) is 3.15. The Morgan fingerprint density at radius 3 is 2.67 bits per heavy atom. The summed E-state index contributed by atoms with van der Waals surface area (Å²) in [5.41, 5.74) is 5.03. The van der Waals surface area contributed by atoms with Crippen molar-refractivity contribution in [2.24, 2.45) is 0 Å². The molecule has 90 valence electrons. The monoisotopic (exact) mass is 239 g/mol. The molecule has 0 unspecified atom stereocenters. The summed E-state index contributed by atoms with van der Waals surface area (Å²) in [4.78, 5) is 21.6. The lowest BCUT2D eigenvalue weighted by Gasteiger charge is -1.97. The summed E-state index contributed by atoms with van der Waals surface area (Å²) in [5, 5.41) is 0. The number of benzene rings is 1. The highest BCUT2D eigenvalue weighted by Gasteiger charge is 2.06. The third-order valence-electron chi connectivity index (χ3n) is 3.15. The molecule has 0 saturated heterocycles. The molecular formula is C14H13N3O. The lowest BCUT2D eigenvalue weighted by atomic mass is 10.1. The minimum Gasteiger partial charge on any atom is -0.338 e. The van der Waals surface area contributed by atoms with Crippen LogP contribution in [0.4, 0.5) is 0 Å². The standard InChI is InChI=1S/C14H13N3O/c1-8-5-11-12(6-9(8)2)17-14(16-11)10-3-4-15-13(18)7-10/h3-7H,1-2H3,(H,15,18)(H,16,17). The molecule has 0 fully saturated rings. The molecule has 2 heterocycles. The number of H-pyrrole nitrogens is 2. The number of aryl methyl sites for hydroxylation is 2. The number of imidazole rings is 1. The van der Waals surface area contributed by atoms with Crippen LogP contribution in [-0.4, -0.2) is 15.0 Å². The predicted molar refractivity (Wildman–Crippen MR) is 71.6 cm³/mol. The normalized spacial score (nSPS) is 11.0. The number of aromatic nitrogens is 3. The second-order valence-electron chi connectivity index (χ2n) is 4.48. The summed E-state index contributed by atoms with van der Waals surface area (Å²) in [6.45, 7) is 4.14. The fourth-order valence-corrected chi connectivity index (χ4v) is 2.00. The smallest absolute Gasteiger partial charge is 0.248 e. The molecule has 4 nitrogen and oxygen atoms in total. The maximum absolute atomic E-state index is 11.3. The first-order valence-electron chi connectivity index (χ1n) is 5.79. The van der Waals surface area contributed by atoms with Gasteiger partial charge in [0.05, 0.1) is 11.0 Å². The van der Waals surface area contributed by atoms with Crippen LogP contribution in [0.2, 0.25) is 0 Å². The zero-order chi connectivity index (χ0) is 12.7. The van der Waals surface area contributed by atoms with Crippen molar-refractivity contribution in [3.63, 3.8) is 0 Å². The highest BCUT2D eigenvalue weighted by molar-refractivity contribution is 5.80. The molecule has 0 bridgehead atoms. The predicted octanol–water partition coefficient (Wildman–Crippen LogP) is 2.54. The first kappa shape index (κ1) is 10.8. The number of pyridine rings is 1. The van der Waals surface area contributed by atoms with Gasteiger partial charge in [0.1, 0.15) is 5.82 Å². The SMILES string of the molecule is Cc1cc2nc(-c3cc[nH]c(=O)c3)[nH]c2cc1C. The molecule has 4 heteroatoms. The quantitative estimate of drug-likeness (QED) is 0.685. The van der Waals surface area contributed by atoms with Gasteiger partial charge in [-0.15, -0.1) is 0 Å². The van der Waals surface area contributed by atoms with Crippen molar-refractivity contribution in [3.05, 3.63) is 51.9 Å². The fourth-order valence-electron chi connectivity index (χ4n) is 2.00. The van der Waals surface area contributed by atoms with Gasteiger partial charge in [0, 0.05) is 17.8 Å². The van der Waals surface area contributed by atoms with Crippen molar-refractivity contribution in [1.29, 1.82) is 0 Å².